The van der Waals surface area contributed by atoms with E-state index >= 15 is 0 Å². The fourth-order valence-electron chi connectivity index (χ4n) is 1.68. The number of carbonyl (C=O) groups excluding carboxylic acids is 1. The minimum absolute atomic E-state index is 0.0985. The first-order valence-electron chi connectivity index (χ1n) is 5.70. The van der Waals surface area contributed by atoms with Crippen molar-refractivity contribution in [3.05, 3.63) is 59.3 Å². The number of hydrogen-bond acceptors (Lipinski definition) is 2. The lowest BCUT2D eigenvalue weighted by atomic mass is 10.1. The maximum Gasteiger partial charge on any atom is 0.251 e. The molecular formula is C15H18N2O. The fraction of sp³-hybridized carbons (Fsp3) is 0.200. The summed E-state index contributed by atoms with van der Waals surface area (Å²) in [6.45, 7) is 11.4. The summed E-state index contributed by atoms with van der Waals surface area (Å²) in [5.41, 5.74) is 3.64. The molecule has 0 atom stereocenters. The summed E-state index contributed by atoms with van der Waals surface area (Å²) in [6.07, 6.45) is 3.23. The van der Waals surface area contributed by atoms with Gasteiger partial charge in [-0.2, -0.15) is 0 Å². The van der Waals surface area contributed by atoms with Crippen molar-refractivity contribution >= 4 is 12.6 Å². The van der Waals surface area contributed by atoms with E-state index in [1.54, 1.807) is 12.3 Å². The summed E-state index contributed by atoms with van der Waals surface area (Å²) in [6, 6.07) is 5.77. The topological polar surface area (TPSA) is 41.5 Å². The molecule has 1 aromatic carbocycles. The minimum Gasteiger partial charge on any atom is -0.348 e. The van der Waals surface area contributed by atoms with Crippen molar-refractivity contribution < 1.29 is 4.79 Å². The third-order valence-electron chi connectivity index (χ3n) is 2.46. The molecule has 1 rings (SSSR count). The zero-order chi connectivity index (χ0) is 13.5. The molecule has 1 N–H and O–H groups in total. The molecule has 0 heterocycles. The summed E-state index contributed by atoms with van der Waals surface area (Å²) < 4.78 is 0. The van der Waals surface area contributed by atoms with Crippen molar-refractivity contribution in [1.82, 2.24) is 5.32 Å². The van der Waals surface area contributed by atoms with Gasteiger partial charge in [-0.3, -0.25) is 9.79 Å². The smallest absolute Gasteiger partial charge is 0.251 e. The van der Waals surface area contributed by atoms with Crippen LogP contribution in [0.1, 0.15) is 21.5 Å². The largest absolute Gasteiger partial charge is 0.348 e. The van der Waals surface area contributed by atoms with Crippen LogP contribution in [-0.4, -0.2) is 19.2 Å². The van der Waals surface area contributed by atoms with Crippen molar-refractivity contribution in [2.75, 3.05) is 6.54 Å². The molecule has 0 aliphatic rings. The minimum atomic E-state index is -0.0985. The Kier molecular flexibility index (Phi) is 5.06. The quantitative estimate of drug-likeness (QED) is 0.626. The molecule has 0 saturated heterocycles. The van der Waals surface area contributed by atoms with Crippen LogP contribution in [0.25, 0.3) is 0 Å². The van der Waals surface area contributed by atoms with E-state index in [-0.39, 0.29) is 5.91 Å². The second-order valence-corrected chi connectivity index (χ2v) is 4.15. The van der Waals surface area contributed by atoms with Crippen LogP contribution in [0.15, 0.2) is 47.6 Å². The van der Waals surface area contributed by atoms with Gasteiger partial charge in [0.15, 0.2) is 0 Å². The lowest BCUT2D eigenvalue weighted by molar-refractivity contribution is 0.0957. The highest BCUT2D eigenvalue weighted by Gasteiger charge is 2.06. The first-order chi connectivity index (χ1) is 8.56. The second-order valence-electron chi connectivity index (χ2n) is 4.15. The Labute approximate surface area is 108 Å². The number of nitrogens with one attached hydrogen (secondary N) is 1. The van der Waals surface area contributed by atoms with Gasteiger partial charge in [0.05, 0.1) is 0 Å². The first kappa shape index (κ1) is 13.9. The average Bonchev–Trinajstić information content (AvgIpc) is 2.32. The Hall–Kier alpha value is -2.16. The molecule has 3 heteroatoms. The molecule has 0 aromatic heterocycles. The Bertz CT molecular complexity index is 481. The van der Waals surface area contributed by atoms with E-state index in [0.29, 0.717) is 12.1 Å². The number of nitrogens with zero attached hydrogens (tertiary/aromatic N) is 1. The van der Waals surface area contributed by atoms with Gasteiger partial charge >= 0.3 is 0 Å². The van der Waals surface area contributed by atoms with Crippen molar-refractivity contribution in [3.8, 4) is 0 Å². The van der Waals surface area contributed by atoms with Gasteiger partial charge in [-0.25, -0.2) is 0 Å². The van der Waals surface area contributed by atoms with E-state index in [4.69, 9.17) is 0 Å². The average molecular weight is 242 g/mol. The molecule has 0 radical (unpaired) electrons. The number of carbonyl (C=O) groups is 1. The molecule has 18 heavy (non-hydrogen) atoms. The third kappa shape index (κ3) is 4.01. The van der Waals surface area contributed by atoms with E-state index in [1.807, 2.05) is 32.0 Å². The summed E-state index contributed by atoms with van der Waals surface area (Å²) in [7, 11) is 0. The maximum absolute atomic E-state index is 12.0. The van der Waals surface area contributed by atoms with Crippen LogP contribution < -0.4 is 5.32 Å². The number of aryl methyl sites for hydroxylation is 2. The lowest BCUT2D eigenvalue weighted by Gasteiger charge is -2.07. The van der Waals surface area contributed by atoms with Gasteiger partial charge < -0.3 is 5.32 Å². The van der Waals surface area contributed by atoms with Crippen molar-refractivity contribution in [2.24, 2.45) is 4.99 Å². The Balaban J connectivity index is 2.74. The Morgan fingerprint density at radius 3 is 2.44 bits per heavy atom. The molecule has 0 saturated carbocycles. The zero-order valence-electron chi connectivity index (χ0n) is 10.9. The molecule has 0 aliphatic carbocycles. The molecular weight excluding hydrogens is 224 g/mol. The van der Waals surface area contributed by atoms with Gasteiger partial charge in [-0.1, -0.05) is 29.8 Å². The number of hydrogen-bond donors (Lipinski definition) is 1. The molecule has 1 amide bonds. The number of amides is 1. The molecule has 0 unspecified atom stereocenters. The molecule has 0 bridgehead atoms. The van der Waals surface area contributed by atoms with Crippen molar-refractivity contribution in [2.45, 2.75) is 13.8 Å². The monoisotopic (exact) mass is 242 g/mol. The van der Waals surface area contributed by atoms with Gasteiger partial charge in [0.25, 0.3) is 5.91 Å². The van der Waals surface area contributed by atoms with Crippen LogP contribution in [0.5, 0.6) is 0 Å². The highest BCUT2D eigenvalue weighted by atomic mass is 16.1. The van der Waals surface area contributed by atoms with E-state index in [2.05, 4.69) is 23.6 Å². The molecule has 3 nitrogen and oxygen atoms in total. The van der Waals surface area contributed by atoms with Gasteiger partial charge in [0, 0.05) is 18.3 Å². The van der Waals surface area contributed by atoms with E-state index in [9.17, 15) is 4.79 Å². The fourth-order valence-corrected chi connectivity index (χ4v) is 1.68. The summed E-state index contributed by atoms with van der Waals surface area (Å²) in [5, 5.41) is 2.82. The van der Waals surface area contributed by atoms with Crippen LogP contribution in [0.2, 0.25) is 0 Å². The van der Waals surface area contributed by atoms with Crippen LogP contribution in [0.4, 0.5) is 0 Å². The highest BCUT2D eigenvalue weighted by Crippen LogP contribution is 2.08. The molecule has 0 aliphatic heterocycles. The predicted molar refractivity (Wildman–Crippen MR) is 76.1 cm³/mol. The number of aliphatic imine (C=N–C) groups is 1. The summed E-state index contributed by atoms with van der Waals surface area (Å²) >= 11 is 0. The van der Waals surface area contributed by atoms with Gasteiger partial charge in [-0.05, 0) is 38.3 Å². The first-order valence-corrected chi connectivity index (χ1v) is 5.70. The van der Waals surface area contributed by atoms with E-state index in [0.717, 1.165) is 16.7 Å². The number of benzene rings is 1. The van der Waals surface area contributed by atoms with E-state index in [1.165, 1.54) is 0 Å². The number of rotatable bonds is 5. The van der Waals surface area contributed by atoms with E-state index < -0.39 is 0 Å². The van der Waals surface area contributed by atoms with Crippen molar-refractivity contribution in [1.29, 1.82) is 0 Å². The molecule has 94 valence electrons. The van der Waals surface area contributed by atoms with Crippen LogP contribution in [-0.2, 0) is 0 Å². The zero-order valence-corrected chi connectivity index (χ0v) is 10.9. The molecule has 1 aromatic rings. The molecule has 0 spiro atoms. The van der Waals surface area contributed by atoms with Crippen LogP contribution in [0, 0.1) is 13.8 Å². The summed E-state index contributed by atoms with van der Waals surface area (Å²) in [5.74, 6) is -0.0985. The second kappa shape index (κ2) is 6.55. The van der Waals surface area contributed by atoms with Gasteiger partial charge in [-0.15, -0.1) is 0 Å². The van der Waals surface area contributed by atoms with Gasteiger partial charge in [0.2, 0.25) is 0 Å². The highest BCUT2D eigenvalue weighted by molar-refractivity contribution is 5.94. The van der Waals surface area contributed by atoms with Crippen LogP contribution in [0.3, 0.4) is 0 Å². The normalized spacial score (nSPS) is 10.9. The Morgan fingerprint density at radius 2 is 1.94 bits per heavy atom. The maximum atomic E-state index is 12.0. The molecule has 0 fully saturated rings. The van der Waals surface area contributed by atoms with Crippen molar-refractivity contribution in [3.63, 3.8) is 0 Å². The third-order valence-corrected chi connectivity index (χ3v) is 2.46. The SMILES string of the molecule is C=C/C(=C\N=C)CNC(=O)c1cc(C)cc(C)c1. The Morgan fingerprint density at radius 1 is 1.33 bits per heavy atom. The van der Waals surface area contributed by atoms with Gasteiger partial charge in [0.1, 0.15) is 0 Å². The summed E-state index contributed by atoms with van der Waals surface area (Å²) in [4.78, 5) is 15.6. The predicted octanol–water partition coefficient (Wildman–Crippen LogP) is 2.80. The standard InChI is InChI=1S/C15H18N2O/c1-5-13(9-16-4)10-17-15(18)14-7-11(2)6-12(3)8-14/h5-9H,1,4,10H2,2-3H3,(H,17,18)/b13-9+. The lowest BCUT2D eigenvalue weighted by Crippen LogP contribution is -2.25. The van der Waals surface area contributed by atoms with Crippen LogP contribution >= 0.6 is 0 Å².